The highest BCUT2D eigenvalue weighted by Gasteiger charge is 2.16. The molecule has 1 aromatic carbocycles. The highest BCUT2D eigenvalue weighted by atomic mass is 15.1. The van der Waals surface area contributed by atoms with Crippen molar-refractivity contribution in [3.63, 3.8) is 0 Å². The van der Waals surface area contributed by atoms with Crippen molar-refractivity contribution < 1.29 is 0 Å². The van der Waals surface area contributed by atoms with E-state index in [0.29, 0.717) is 5.41 Å². The first-order valence-corrected chi connectivity index (χ1v) is 7.72. The van der Waals surface area contributed by atoms with Gasteiger partial charge in [-0.05, 0) is 54.8 Å². The zero-order valence-corrected chi connectivity index (χ0v) is 13.1. The molecule has 0 N–H and O–H groups in total. The third kappa shape index (κ3) is 4.99. The van der Waals surface area contributed by atoms with Crippen molar-refractivity contribution in [1.29, 1.82) is 0 Å². The van der Waals surface area contributed by atoms with Crippen molar-refractivity contribution in [2.45, 2.75) is 53.5 Å². The van der Waals surface area contributed by atoms with Crippen LogP contribution in [0.25, 0.3) is 0 Å². The smallest absolute Gasteiger partial charge is 0.0233 e. The van der Waals surface area contributed by atoms with Crippen LogP contribution < -0.4 is 0 Å². The molecule has 1 heterocycles. The van der Waals surface area contributed by atoms with Gasteiger partial charge in [0.05, 0.1) is 0 Å². The van der Waals surface area contributed by atoms with E-state index in [4.69, 9.17) is 0 Å². The van der Waals surface area contributed by atoms with E-state index in [1.165, 1.54) is 37.1 Å². The standard InChI is InChI=1S/C18H29N/c1-15-8-10-19(11-9-15)14-17-7-5-6-16(12-17)13-18(2,3)4/h5-7,12,15H,8-11,13-14H2,1-4H3. The van der Waals surface area contributed by atoms with E-state index in [1.807, 2.05) is 0 Å². The average Bonchev–Trinajstić information content (AvgIpc) is 2.30. The van der Waals surface area contributed by atoms with Crippen LogP contribution in [0.4, 0.5) is 0 Å². The highest BCUT2D eigenvalue weighted by Crippen LogP contribution is 2.22. The predicted molar refractivity (Wildman–Crippen MR) is 83.3 cm³/mol. The van der Waals surface area contributed by atoms with Crippen molar-refractivity contribution in [2.75, 3.05) is 13.1 Å². The Labute approximate surface area is 119 Å². The fourth-order valence-corrected chi connectivity index (χ4v) is 2.93. The number of nitrogens with zero attached hydrogens (tertiary/aromatic N) is 1. The maximum Gasteiger partial charge on any atom is 0.0233 e. The summed E-state index contributed by atoms with van der Waals surface area (Å²) >= 11 is 0. The van der Waals surface area contributed by atoms with Gasteiger partial charge in [0.2, 0.25) is 0 Å². The van der Waals surface area contributed by atoms with Crippen LogP contribution in [0.1, 0.15) is 51.7 Å². The van der Waals surface area contributed by atoms with E-state index in [9.17, 15) is 0 Å². The van der Waals surface area contributed by atoms with Crippen molar-refractivity contribution in [2.24, 2.45) is 11.3 Å². The third-order valence-electron chi connectivity index (χ3n) is 4.01. The monoisotopic (exact) mass is 259 g/mol. The zero-order chi connectivity index (χ0) is 13.9. The summed E-state index contributed by atoms with van der Waals surface area (Å²) in [4.78, 5) is 2.61. The Morgan fingerprint density at radius 1 is 1.11 bits per heavy atom. The first-order valence-electron chi connectivity index (χ1n) is 7.72. The molecule has 1 aromatic rings. The zero-order valence-electron chi connectivity index (χ0n) is 13.1. The Kier molecular flexibility index (Phi) is 4.67. The summed E-state index contributed by atoms with van der Waals surface area (Å²) < 4.78 is 0. The summed E-state index contributed by atoms with van der Waals surface area (Å²) in [5.74, 6) is 0.920. The van der Waals surface area contributed by atoms with Crippen LogP contribution in [0.5, 0.6) is 0 Å². The van der Waals surface area contributed by atoms with Crippen LogP contribution >= 0.6 is 0 Å². The van der Waals surface area contributed by atoms with E-state index in [-0.39, 0.29) is 0 Å². The quantitative estimate of drug-likeness (QED) is 0.772. The fraction of sp³-hybridized carbons (Fsp3) is 0.667. The molecule has 106 valence electrons. The van der Waals surface area contributed by atoms with Gasteiger partial charge in [-0.1, -0.05) is 52.0 Å². The number of piperidine rings is 1. The molecule has 0 aromatic heterocycles. The molecule has 0 atom stereocenters. The summed E-state index contributed by atoms with van der Waals surface area (Å²) in [5, 5.41) is 0. The largest absolute Gasteiger partial charge is 0.299 e. The maximum atomic E-state index is 2.61. The Hall–Kier alpha value is -0.820. The summed E-state index contributed by atoms with van der Waals surface area (Å²) in [7, 11) is 0. The van der Waals surface area contributed by atoms with E-state index in [2.05, 4.69) is 56.9 Å². The van der Waals surface area contributed by atoms with Crippen LogP contribution in [-0.2, 0) is 13.0 Å². The van der Waals surface area contributed by atoms with Gasteiger partial charge in [0.1, 0.15) is 0 Å². The number of hydrogen-bond donors (Lipinski definition) is 0. The van der Waals surface area contributed by atoms with E-state index in [0.717, 1.165) is 18.9 Å². The predicted octanol–water partition coefficient (Wildman–Crippen LogP) is 4.51. The average molecular weight is 259 g/mol. The lowest BCUT2D eigenvalue weighted by Crippen LogP contribution is -2.32. The van der Waals surface area contributed by atoms with E-state index >= 15 is 0 Å². The molecule has 19 heavy (non-hydrogen) atoms. The van der Waals surface area contributed by atoms with Gasteiger partial charge in [-0.15, -0.1) is 0 Å². The van der Waals surface area contributed by atoms with Gasteiger partial charge in [-0.2, -0.15) is 0 Å². The van der Waals surface area contributed by atoms with Gasteiger partial charge in [0.25, 0.3) is 0 Å². The summed E-state index contributed by atoms with van der Waals surface area (Å²) in [5.41, 5.74) is 3.34. The second kappa shape index (κ2) is 6.09. The Bertz CT molecular complexity index is 394. The lowest BCUT2D eigenvalue weighted by atomic mass is 9.87. The van der Waals surface area contributed by atoms with Crippen LogP contribution in [-0.4, -0.2) is 18.0 Å². The minimum absolute atomic E-state index is 0.374. The number of hydrogen-bond acceptors (Lipinski definition) is 1. The Morgan fingerprint density at radius 3 is 2.37 bits per heavy atom. The minimum atomic E-state index is 0.374. The molecule has 0 amide bonds. The first-order chi connectivity index (χ1) is 8.92. The van der Waals surface area contributed by atoms with Gasteiger partial charge in [0.15, 0.2) is 0 Å². The summed E-state index contributed by atoms with van der Waals surface area (Å²) in [6, 6.07) is 9.18. The highest BCUT2D eigenvalue weighted by molar-refractivity contribution is 5.24. The molecule has 1 saturated heterocycles. The number of benzene rings is 1. The summed E-state index contributed by atoms with van der Waals surface area (Å²) in [6.45, 7) is 13.0. The molecular formula is C18H29N. The molecule has 1 nitrogen and oxygen atoms in total. The fourth-order valence-electron chi connectivity index (χ4n) is 2.93. The van der Waals surface area contributed by atoms with Gasteiger partial charge in [0, 0.05) is 6.54 Å². The molecule has 0 unspecified atom stereocenters. The third-order valence-corrected chi connectivity index (χ3v) is 4.01. The van der Waals surface area contributed by atoms with Gasteiger partial charge in [-0.25, -0.2) is 0 Å². The van der Waals surface area contributed by atoms with Gasteiger partial charge in [-0.3, -0.25) is 4.90 Å². The molecule has 0 bridgehead atoms. The second-order valence-electron chi connectivity index (χ2n) is 7.52. The van der Waals surface area contributed by atoms with Gasteiger partial charge < -0.3 is 0 Å². The first kappa shape index (κ1) is 14.6. The van der Waals surface area contributed by atoms with Crippen LogP contribution in [0.2, 0.25) is 0 Å². The minimum Gasteiger partial charge on any atom is -0.299 e. The molecular weight excluding hydrogens is 230 g/mol. The Balaban J connectivity index is 1.95. The molecule has 1 aliphatic heterocycles. The molecule has 0 spiro atoms. The van der Waals surface area contributed by atoms with Crippen molar-refractivity contribution >= 4 is 0 Å². The normalized spacial score (nSPS) is 18.7. The lowest BCUT2D eigenvalue weighted by molar-refractivity contribution is 0.185. The topological polar surface area (TPSA) is 3.24 Å². The second-order valence-corrected chi connectivity index (χ2v) is 7.52. The van der Waals surface area contributed by atoms with Gasteiger partial charge >= 0.3 is 0 Å². The number of likely N-dealkylation sites (tertiary alicyclic amines) is 1. The van der Waals surface area contributed by atoms with Crippen molar-refractivity contribution in [3.8, 4) is 0 Å². The van der Waals surface area contributed by atoms with E-state index < -0.39 is 0 Å². The number of rotatable bonds is 3. The SMILES string of the molecule is CC1CCN(Cc2cccc(CC(C)(C)C)c2)CC1. The maximum absolute atomic E-state index is 2.61. The molecule has 0 aliphatic carbocycles. The van der Waals surface area contributed by atoms with Crippen LogP contribution in [0.15, 0.2) is 24.3 Å². The molecule has 0 saturated carbocycles. The van der Waals surface area contributed by atoms with Crippen LogP contribution in [0.3, 0.4) is 0 Å². The molecule has 1 aliphatic rings. The molecule has 0 radical (unpaired) electrons. The Morgan fingerprint density at radius 2 is 1.74 bits per heavy atom. The van der Waals surface area contributed by atoms with Crippen LogP contribution in [0, 0.1) is 11.3 Å². The van der Waals surface area contributed by atoms with Crippen molar-refractivity contribution in [3.05, 3.63) is 35.4 Å². The van der Waals surface area contributed by atoms with E-state index in [1.54, 1.807) is 0 Å². The van der Waals surface area contributed by atoms with Crippen molar-refractivity contribution in [1.82, 2.24) is 4.90 Å². The molecule has 2 rings (SSSR count). The lowest BCUT2D eigenvalue weighted by Gasteiger charge is -2.30. The summed E-state index contributed by atoms with van der Waals surface area (Å²) in [6.07, 6.45) is 3.89. The molecule has 1 heteroatoms. The molecule has 1 fully saturated rings.